The van der Waals surface area contributed by atoms with Crippen molar-refractivity contribution in [2.75, 3.05) is 19.8 Å². The summed E-state index contributed by atoms with van der Waals surface area (Å²) in [7, 11) is 0. The first-order chi connectivity index (χ1) is 19.4. The first kappa shape index (κ1) is 27.4. The van der Waals surface area contributed by atoms with E-state index in [0.717, 1.165) is 27.8 Å². The molecule has 1 fully saturated rings. The highest BCUT2D eigenvalue weighted by molar-refractivity contribution is 5.87. The van der Waals surface area contributed by atoms with E-state index in [-0.39, 0.29) is 32.3 Å². The van der Waals surface area contributed by atoms with Gasteiger partial charge in [0.05, 0.1) is 32.0 Å². The Morgan fingerprint density at radius 1 is 0.925 bits per heavy atom. The highest BCUT2D eigenvalue weighted by atomic mass is 16.5. The van der Waals surface area contributed by atoms with Gasteiger partial charge in [-0.2, -0.15) is 0 Å². The Hall–Kier alpha value is -4.21. The lowest BCUT2D eigenvalue weighted by Crippen LogP contribution is -2.56. The fraction of sp³-hybridized carbons (Fsp3) is 0.323. The van der Waals surface area contributed by atoms with Crippen LogP contribution in [0.5, 0.6) is 0 Å². The van der Waals surface area contributed by atoms with Crippen LogP contribution in [0.2, 0.25) is 0 Å². The topological polar surface area (TPSA) is 123 Å². The van der Waals surface area contributed by atoms with Gasteiger partial charge in [0, 0.05) is 5.92 Å². The molecule has 4 atom stereocenters. The van der Waals surface area contributed by atoms with Crippen LogP contribution in [0.4, 0.5) is 4.79 Å². The Balaban J connectivity index is 1.27. The molecule has 1 aliphatic heterocycles. The van der Waals surface area contributed by atoms with Crippen molar-refractivity contribution in [3.05, 3.63) is 95.6 Å². The molecule has 208 valence electrons. The van der Waals surface area contributed by atoms with Crippen molar-refractivity contribution in [3.8, 4) is 11.1 Å². The zero-order valence-corrected chi connectivity index (χ0v) is 22.1. The number of hydrogen-bond acceptors (Lipinski definition) is 6. The number of amides is 2. The Bertz CT molecular complexity index is 1320. The summed E-state index contributed by atoms with van der Waals surface area (Å²) in [6.07, 6.45) is -1.51. The van der Waals surface area contributed by atoms with E-state index in [1.165, 1.54) is 0 Å². The van der Waals surface area contributed by atoms with Crippen LogP contribution in [0.3, 0.4) is 0 Å². The maximum Gasteiger partial charge on any atom is 0.407 e. The summed E-state index contributed by atoms with van der Waals surface area (Å²) in [5.74, 6) is -2.64. The minimum absolute atomic E-state index is 0.00478. The third-order valence-electron chi connectivity index (χ3n) is 7.45. The quantitative estimate of drug-likeness (QED) is 0.356. The second-order valence-corrected chi connectivity index (χ2v) is 10.0. The van der Waals surface area contributed by atoms with Crippen LogP contribution in [-0.2, 0) is 30.4 Å². The van der Waals surface area contributed by atoms with Gasteiger partial charge in [-0.1, -0.05) is 78.9 Å². The summed E-state index contributed by atoms with van der Waals surface area (Å²) in [6, 6.07) is 23.6. The Kier molecular flexibility index (Phi) is 8.42. The van der Waals surface area contributed by atoms with Crippen molar-refractivity contribution < 1.29 is 33.7 Å². The molecule has 40 heavy (non-hydrogen) atoms. The molecule has 9 heteroatoms. The van der Waals surface area contributed by atoms with Crippen molar-refractivity contribution in [2.24, 2.45) is 5.92 Å². The van der Waals surface area contributed by atoms with E-state index in [1.54, 1.807) is 6.92 Å². The van der Waals surface area contributed by atoms with E-state index in [0.29, 0.717) is 0 Å². The number of hydrogen-bond donors (Lipinski definition) is 3. The molecule has 2 aliphatic rings. The van der Waals surface area contributed by atoms with E-state index < -0.39 is 42.1 Å². The Morgan fingerprint density at radius 3 is 2.20 bits per heavy atom. The molecule has 1 aliphatic carbocycles. The van der Waals surface area contributed by atoms with Crippen molar-refractivity contribution >= 4 is 18.0 Å². The standard InChI is InChI=1S/C31H32N2O7/c1-19(39-15-20-9-3-2-4-10-20)28(29(34)32-27-18-38-16-26(27)30(35)36)33-31(37)40-17-25-23-13-7-5-11-21(23)22-12-6-8-14-24(22)25/h2-14,19,25-28H,15-18H2,1H3,(H,32,34)(H,33,37)(H,35,36)/t19-,26?,27?,28+/m0/s1. The molecule has 0 spiro atoms. The average Bonchev–Trinajstić information content (AvgIpc) is 3.56. The number of carbonyl (C=O) groups is 3. The number of carboxylic acids is 1. The lowest BCUT2D eigenvalue weighted by atomic mass is 9.98. The molecule has 5 rings (SSSR count). The number of alkyl carbamates (subject to hydrolysis) is 1. The van der Waals surface area contributed by atoms with Gasteiger partial charge >= 0.3 is 12.1 Å². The van der Waals surface area contributed by atoms with Gasteiger partial charge in [0.2, 0.25) is 5.91 Å². The molecular formula is C31H32N2O7. The zero-order chi connectivity index (χ0) is 28.1. The molecule has 0 radical (unpaired) electrons. The van der Waals surface area contributed by atoms with Gasteiger partial charge in [-0.3, -0.25) is 9.59 Å². The second-order valence-electron chi connectivity index (χ2n) is 10.0. The predicted molar refractivity (Wildman–Crippen MR) is 147 cm³/mol. The SMILES string of the molecule is C[C@H](OCc1ccccc1)[C@@H](NC(=O)OCC1c2ccccc2-c2ccccc21)C(=O)NC1COCC1C(=O)O. The van der Waals surface area contributed by atoms with Crippen molar-refractivity contribution in [3.63, 3.8) is 0 Å². The maximum absolute atomic E-state index is 13.3. The van der Waals surface area contributed by atoms with Gasteiger partial charge in [-0.25, -0.2) is 4.79 Å². The van der Waals surface area contributed by atoms with E-state index in [4.69, 9.17) is 14.2 Å². The Morgan fingerprint density at radius 2 is 1.55 bits per heavy atom. The number of carboxylic acid groups (broad SMARTS) is 1. The van der Waals surface area contributed by atoms with Gasteiger partial charge in [-0.05, 0) is 34.7 Å². The fourth-order valence-electron chi connectivity index (χ4n) is 5.27. The largest absolute Gasteiger partial charge is 0.481 e. The summed E-state index contributed by atoms with van der Waals surface area (Å²) >= 11 is 0. The smallest absolute Gasteiger partial charge is 0.407 e. The van der Waals surface area contributed by atoms with Gasteiger partial charge in [0.1, 0.15) is 18.6 Å². The van der Waals surface area contributed by atoms with Gasteiger partial charge < -0.3 is 30.0 Å². The summed E-state index contributed by atoms with van der Waals surface area (Å²) in [5.41, 5.74) is 5.28. The van der Waals surface area contributed by atoms with Gasteiger partial charge in [-0.15, -0.1) is 0 Å². The number of fused-ring (bicyclic) bond motifs is 3. The molecule has 1 saturated heterocycles. The molecule has 3 N–H and O–H groups in total. The third-order valence-corrected chi connectivity index (χ3v) is 7.45. The lowest BCUT2D eigenvalue weighted by molar-refractivity contribution is -0.142. The summed E-state index contributed by atoms with van der Waals surface area (Å²) < 4.78 is 16.9. The van der Waals surface area contributed by atoms with Crippen LogP contribution in [0.25, 0.3) is 11.1 Å². The van der Waals surface area contributed by atoms with E-state index >= 15 is 0 Å². The first-order valence-corrected chi connectivity index (χ1v) is 13.3. The summed E-state index contributed by atoms with van der Waals surface area (Å²) in [5, 5.41) is 14.8. The zero-order valence-electron chi connectivity index (χ0n) is 22.1. The van der Waals surface area contributed by atoms with E-state index in [2.05, 4.69) is 22.8 Å². The minimum Gasteiger partial charge on any atom is -0.481 e. The van der Waals surface area contributed by atoms with Crippen LogP contribution in [-0.4, -0.2) is 61.1 Å². The molecule has 1 heterocycles. The highest BCUT2D eigenvalue weighted by Crippen LogP contribution is 2.44. The number of ether oxygens (including phenoxy) is 3. The number of carbonyl (C=O) groups excluding carboxylic acids is 2. The highest BCUT2D eigenvalue weighted by Gasteiger charge is 2.38. The maximum atomic E-state index is 13.3. The van der Waals surface area contributed by atoms with Crippen LogP contribution in [0, 0.1) is 5.92 Å². The minimum atomic E-state index is -1.13. The number of aliphatic carboxylic acids is 1. The Labute approximate surface area is 232 Å². The predicted octanol–water partition coefficient (Wildman–Crippen LogP) is 3.71. The summed E-state index contributed by atoms with van der Waals surface area (Å²) in [6.45, 7) is 2.06. The van der Waals surface area contributed by atoms with Crippen LogP contribution in [0.1, 0.15) is 29.5 Å². The lowest BCUT2D eigenvalue weighted by Gasteiger charge is -2.27. The molecule has 0 saturated carbocycles. The molecule has 3 aromatic rings. The summed E-state index contributed by atoms with van der Waals surface area (Å²) in [4.78, 5) is 37.9. The van der Waals surface area contributed by atoms with Crippen molar-refractivity contribution in [1.82, 2.24) is 10.6 Å². The molecule has 9 nitrogen and oxygen atoms in total. The molecule has 3 aromatic carbocycles. The fourth-order valence-corrected chi connectivity index (χ4v) is 5.27. The normalized spacial score (nSPS) is 19.2. The molecular weight excluding hydrogens is 512 g/mol. The average molecular weight is 545 g/mol. The van der Waals surface area contributed by atoms with E-state index in [9.17, 15) is 19.5 Å². The molecule has 2 amide bonds. The number of rotatable bonds is 10. The van der Waals surface area contributed by atoms with Crippen molar-refractivity contribution in [1.29, 1.82) is 0 Å². The van der Waals surface area contributed by atoms with Crippen molar-refractivity contribution in [2.45, 2.75) is 37.6 Å². The van der Waals surface area contributed by atoms with Crippen LogP contribution < -0.4 is 10.6 Å². The number of benzene rings is 3. The van der Waals surface area contributed by atoms with Crippen LogP contribution >= 0.6 is 0 Å². The first-order valence-electron chi connectivity index (χ1n) is 13.3. The van der Waals surface area contributed by atoms with Gasteiger partial charge in [0.15, 0.2) is 0 Å². The molecule has 2 unspecified atom stereocenters. The monoisotopic (exact) mass is 544 g/mol. The third kappa shape index (κ3) is 6.00. The molecule has 0 aromatic heterocycles. The number of nitrogens with one attached hydrogen (secondary N) is 2. The second kappa shape index (κ2) is 12.3. The van der Waals surface area contributed by atoms with Crippen LogP contribution in [0.15, 0.2) is 78.9 Å². The molecule has 0 bridgehead atoms. The van der Waals surface area contributed by atoms with E-state index in [1.807, 2.05) is 66.7 Å². The van der Waals surface area contributed by atoms with Gasteiger partial charge in [0.25, 0.3) is 0 Å².